The summed E-state index contributed by atoms with van der Waals surface area (Å²) in [5.41, 5.74) is 3.02. The van der Waals surface area contributed by atoms with E-state index in [1.807, 2.05) is 59.5 Å². The van der Waals surface area contributed by atoms with E-state index in [1.54, 1.807) is 36.3 Å². The molecule has 1 aliphatic heterocycles. The van der Waals surface area contributed by atoms with Crippen LogP contribution in [-0.2, 0) is 22.8 Å². The van der Waals surface area contributed by atoms with Crippen LogP contribution in [0.2, 0.25) is 0 Å². The third-order valence-electron chi connectivity index (χ3n) is 7.36. The van der Waals surface area contributed by atoms with Crippen molar-refractivity contribution in [2.75, 3.05) is 31.6 Å². The van der Waals surface area contributed by atoms with Crippen LogP contribution >= 0.6 is 0 Å². The molecule has 1 saturated heterocycles. The minimum absolute atomic E-state index is 0.00643. The fourth-order valence-corrected chi connectivity index (χ4v) is 5.06. The number of anilines is 1. The molecule has 0 N–H and O–H groups in total. The number of carbonyl (C=O) groups excluding carboxylic acids is 2. The summed E-state index contributed by atoms with van der Waals surface area (Å²) < 4.78 is 5.32. The first-order valence-corrected chi connectivity index (χ1v) is 13.3. The van der Waals surface area contributed by atoms with Crippen LogP contribution in [0.15, 0.2) is 78.9 Å². The van der Waals surface area contributed by atoms with Gasteiger partial charge in [0, 0.05) is 36.9 Å². The molecule has 1 saturated carbocycles. The molecule has 1 aliphatic carbocycles. The van der Waals surface area contributed by atoms with Gasteiger partial charge in [0.1, 0.15) is 18.4 Å². The highest BCUT2D eigenvalue weighted by Gasteiger charge is 2.41. The molecular weight excluding hydrogens is 512 g/mol. The molecule has 208 valence electrons. The smallest absolute Gasteiger partial charge is 0.294 e. The Morgan fingerprint density at radius 3 is 2.27 bits per heavy atom. The molecule has 0 aromatic heterocycles. The summed E-state index contributed by atoms with van der Waals surface area (Å²) >= 11 is 0. The maximum absolute atomic E-state index is 14.2. The van der Waals surface area contributed by atoms with Crippen molar-refractivity contribution < 1.29 is 24.3 Å². The molecule has 3 aromatic carbocycles. The SMILES string of the molecule is COc1ccc(N2CCN(C(=O)c3ccc(CO[N+](=O)[O-])cc3)C[C@@H]2C(=O)N(Cc2ccccc2)C2CC2)cc1. The summed E-state index contributed by atoms with van der Waals surface area (Å²) in [5, 5.41) is 9.63. The standard InChI is InChI=1S/C30H32N4O6/c1-39-27-15-13-25(14-16-27)32-18-17-31(29(35)24-9-7-23(8-10-24)21-40-34(37)38)20-28(32)30(36)33(26-11-12-26)19-22-5-3-2-4-6-22/h2-10,13-16,26,28H,11-12,17-21H2,1H3/t28-/m1/s1. The Bertz CT molecular complexity index is 1330. The summed E-state index contributed by atoms with van der Waals surface area (Å²) in [6, 6.07) is 23.8. The second kappa shape index (κ2) is 12.1. The van der Waals surface area contributed by atoms with Crippen molar-refractivity contribution in [1.29, 1.82) is 0 Å². The van der Waals surface area contributed by atoms with Gasteiger partial charge in [-0.1, -0.05) is 42.5 Å². The molecule has 2 aliphatic rings. The van der Waals surface area contributed by atoms with E-state index in [0.29, 0.717) is 30.8 Å². The van der Waals surface area contributed by atoms with Crippen LogP contribution in [-0.4, -0.2) is 65.5 Å². The predicted octanol–water partition coefficient (Wildman–Crippen LogP) is 3.93. The number of nitrogens with zero attached hydrogens (tertiary/aromatic N) is 4. The molecule has 10 heteroatoms. The predicted molar refractivity (Wildman–Crippen MR) is 148 cm³/mol. The second-order valence-corrected chi connectivity index (χ2v) is 10.0. The molecule has 0 bridgehead atoms. The fourth-order valence-electron chi connectivity index (χ4n) is 5.06. The molecule has 2 amide bonds. The number of carbonyl (C=O) groups is 2. The van der Waals surface area contributed by atoms with Crippen molar-refractivity contribution in [3.8, 4) is 5.75 Å². The molecule has 1 atom stereocenters. The second-order valence-electron chi connectivity index (χ2n) is 10.0. The topological polar surface area (TPSA) is 105 Å². The van der Waals surface area contributed by atoms with E-state index in [1.165, 1.54) is 0 Å². The number of methoxy groups -OCH3 is 1. The van der Waals surface area contributed by atoms with Gasteiger partial charge in [-0.2, -0.15) is 0 Å². The Kier molecular flexibility index (Phi) is 8.14. The summed E-state index contributed by atoms with van der Waals surface area (Å²) in [6.45, 7) is 1.53. The largest absolute Gasteiger partial charge is 0.497 e. The minimum Gasteiger partial charge on any atom is -0.497 e. The van der Waals surface area contributed by atoms with Gasteiger partial charge < -0.3 is 24.3 Å². The van der Waals surface area contributed by atoms with Crippen molar-refractivity contribution in [2.24, 2.45) is 0 Å². The van der Waals surface area contributed by atoms with Gasteiger partial charge in [0.2, 0.25) is 5.91 Å². The quantitative estimate of drug-likeness (QED) is 0.281. The van der Waals surface area contributed by atoms with Gasteiger partial charge in [0.25, 0.3) is 11.0 Å². The summed E-state index contributed by atoms with van der Waals surface area (Å²) in [7, 11) is 1.62. The Labute approximate surface area is 232 Å². The average Bonchev–Trinajstić information content (AvgIpc) is 3.84. The molecule has 3 aromatic rings. The van der Waals surface area contributed by atoms with E-state index < -0.39 is 11.1 Å². The lowest BCUT2D eigenvalue weighted by Gasteiger charge is -2.43. The average molecular weight is 545 g/mol. The van der Waals surface area contributed by atoms with Crippen LogP contribution in [0.4, 0.5) is 5.69 Å². The minimum atomic E-state index is -0.846. The van der Waals surface area contributed by atoms with Crippen LogP contribution in [0.3, 0.4) is 0 Å². The molecule has 0 unspecified atom stereocenters. The highest BCUT2D eigenvalue weighted by molar-refractivity contribution is 5.95. The van der Waals surface area contributed by atoms with Gasteiger partial charge in [0.15, 0.2) is 0 Å². The van der Waals surface area contributed by atoms with E-state index in [9.17, 15) is 19.7 Å². The van der Waals surface area contributed by atoms with Gasteiger partial charge in [-0.05, 0) is 60.4 Å². The van der Waals surface area contributed by atoms with Crippen LogP contribution in [0, 0.1) is 10.1 Å². The maximum Gasteiger partial charge on any atom is 0.294 e. The highest BCUT2D eigenvalue weighted by Crippen LogP contribution is 2.32. The molecular formula is C30H32N4O6. The lowest BCUT2D eigenvalue weighted by molar-refractivity contribution is -0.763. The first kappa shape index (κ1) is 27.0. The van der Waals surface area contributed by atoms with E-state index in [0.717, 1.165) is 29.8 Å². The van der Waals surface area contributed by atoms with Crippen LogP contribution in [0.1, 0.15) is 34.3 Å². The number of hydrogen-bond acceptors (Lipinski definition) is 7. The lowest BCUT2D eigenvalue weighted by atomic mass is 10.1. The number of benzene rings is 3. The van der Waals surface area contributed by atoms with Gasteiger partial charge in [-0.15, -0.1) is 10.1 Å². The van der Waals surface area contributed by atoms with Crippen LogP contribution in [0.25, 0.3) is 0 Å². The Balaban J connectivity index is 1.38. The zero-order valence-corrected chi connectivity index (χ0v) is 22.3. The molecule has 2 fully saturated rings. The molecule has 0 spiro atoms. The summed E-state index contributed by atoms with van der Waals surface area (Å²) in [4.78, 5) is 48.4. The number of hydrogen-bond donors (Lipinski definition) is 0. The number of piperazine rings is 1. The fraction of sp³-hybridized carbons (Fsp3) is 0.333. The van der Waals surface area contributed by atoms with Crippen LogP contribution in [0.5, 0.6) is 5.75 Å². The first-order valence-electron chi connectivity index (χ1n) is 13.3. The Hall–Kier alpha value is -4.60. The summed E-state index contributed by atoms with van der Waals surface area (Å²) in [6.07, 6.45) is 1.95. The molecule has 10 nitrogen and oxygen atoms in total. The zero-order valence-electron chi connectivity index (χ0n) is 22.3. The zero-order chi connectivity index (χ0) is 28.1. The molecule has 40 heavy (non-hydrogen) atoms. The van der Waals surface area contributed by atoms with E-state index >= 15 is 0 Å². The highest BCUT2D eigenvalue weighted by atomic mass is 16.9. The molecule has 0 radical (unpaired) electrons. The van der Waals surface area contributed by atoms with E-state index in [4.69, 9.17) is 4.74 Å². The third kappa shape index (κ3) is 6.33. The normalized spacial score (nSPS) is 16.8. The van der Waals surface area contributed by atoms with Crippen molar-refractivity contribution in [1.82, 2.24) is 9.80 Å². The molecule has 5 rings (SSSR count). The van der Waals surface area contributed by atoms with E-state index in [-0.39, 0.29) is 31.0 Å². The maximum atomic E-state index is 14.2. The van der Waals surface area contributed by atoms with Gasteiger partial charge in [-0.25, -0.2) is 0 Å². The van der Waals surface area contributed by atoms with Gasteiger partial charge in [-0.3, -0.25) is 9.59 Å². The van der Waals surface area contributed by atoms with Gasteiger partial charge >= 0.3 is 0 Å². The Morgan fingerprint density at radius 1 is 0.950 bits per heavy atom. The Morgan fingerprint density at radius 2 is 1.65 bits per heavy atom. The third-order valence-corrected chi connectivity index (χ3v) is 7.36. The van der Waals surface area contributed by atoms with Crippen molar-refractivity contribution in [3.05, 3.63) is 106 Å². The van der Waals surface area contributed by atoms with E-state index in [2.05, 4.69) is 9.74 Å². The molecule has 1 heterocycles. The number of amides is 2. The van der Waals surface area contributed by atoms with Crippen molar-refractivity contribution in [2.45, 2.75) is 38.1 Å². The number of rotatable bonds is 10. The lowest BCUT2D eigenvalue weighted by Crippen LogP contribution is -2.61. The summed E-state index contributed by atoms with van der Waals surface area (Å²) in [5.74, 6) is 0.554. The van der Waals surface area contributed by atoms with Gasteiger partial charge in [0.05, 0.1) is 13.7 Å². The first-order chi connectivity index (χ1) is 19.4. The monoisotopic (exact) mass is 544 g/mol. The van der Waals surface area contributed by atoms with Crippen molar-refractivity contribution >= 4 is 17.5 Å². The number of ether oxygens (including phenoxy) is 1. The van der Waals surface area contributed by atoms with Crippen molar-refractivity contribution in [3.63, 3.8) is 0 Å². The van der Waals surface area contributed by atoms with Crippen LogP contribution < -0.4 is 9.64 Å².